The van der Waals surface area contributed by atoms with E-state index in [9.17, 15) is 20.1 Å². The number of carbonyl (C=O) groups is 1. The van der Waals surface area contributed by atoms with Gasteiger partial charge in [-0.1, -0.05) is 24.3 Å². The van der Waals surface area contributed by atoms with Crippen LogP contribution in [0.15, 0.2) is 42.5 Å². The van der Waals surface area contributed by atoms with Crippen molar-refractivity contribution in [3.8, 4) is 11.4 Å². The van der Waals surface area contributed by atoms with E-state index in [-0.39, 0.29) is 18.9 Å². The zero-order valence-electron chi connectivity index (χ0n) is 15.9. The third kappa shape index (κ3) is 3.63. The van der Waals surface area contributed by atoms with E-state index >= 15 is 0 Å². The molecule has 0 saturated carbocycles. The molecule has 1 saturated heterocycles. The molecule has 1 fully saturated rings. The van der Waals surface area contributed by atoms with E-state index in [1.807, 2.05) is 24.3 Å². The van der Waals surface area contributed by atoms with Crippen LogP contribution >= 0.6 is 0 Å². The molecule has 0 spiro atoms. The summed E-state index contributed by atoms with van der Waals surface area (Å²) in [6.45, 7) is -0.230. The van der Waals surface area contributed by atoms with E-state index in [1.165, 1.54) is 0 Å². The standard InChI is InChI=1S/C21H23N3O5/c1-22-21(28)14-6-3-7-15-17(14)24-20(23-15)12-5-2-4-11(8-12)19-18(27)16(26)9-13(10-25)29-19/h2-8,13,16,18-19,25-27H,9-10H2,1H3,(H,22,28)(H,23,24)/t13-,16-,18-,19+/m0/s1. The Morgan fingerprint density at radius 3 is 2.83 bits per heavy atom. The van der Waals surface area contributed by atoms with Crippen molar-refractivity contribution < 1.29 is 24.9 Å². The van der Waals surface area contributed by atoms with Gasteiger partial charge < -0.3 is 30.4 Å². The number of aromatic nitrogens is 2. The molecule has 4 rings (SSSR count). The number of hydrogen-bond acceptors (Lipinski definition) is 6. The summed E-state index contributed by atoms with van der Waals surface area (Å²) in [6, 6.07) is 12.6. The van der Waals surface area contributed by atoms with Gasteiger partial charge >= 0.3 is 0 Å². The topological polar surface area (TPSA) is 128 Å². The van der Waals surface area contributed by atoms with Gasteiger partial charge in [-0.3, -0.25) is 4.79 Å². The van der Waals surface area contributed by atoms with Gasteiger partial charge in [-0.15, -0.1) is 0 Å². The number of rotatable bonds is 4. The van der Waals surface area contributed by atoms with Crippen molar-refractivity contribution in [2.24, 2.45) is 0 Å². The molecule has 0 radical (unpaired) electrons. The number of amides is 1. The largest absolute Gasteiger partial charge is 0.394 e. The number of hydrogen-bond donors (Lipinski definition) is 5. The lowest BCUT2D eigenvalue weighted by molar-refractivity contribution is -0.179. The van der Waals surface area contributed by atoms with E-state index < -0.39 is 24.4 Å². The third-order valence-corrected chi connectivity index (χ3v) is 5.22. The number of fused-ring (bicyclic) bond motifs is 1. The summed E-state index contributed by atoms with van der Waals surface area (Å²) in [6.07, 6.45) is -3.19. The second-order valence-corrected chi connectivity index (χ2v) is 7.15. The Morgan fingerprint density at radius 1 is 1.28 bits per heavy atom. The molecule has 8 nitrogen and oxygen atoms in total. The molecule has 0 bridgehead atoms. The van der Waals surface area contributed by atoms with Gasteiger partial charge in [0.05, 0.1) is 29.9 Å². The number of benzene rings is 2. The summed E-state index contributed by atoms with van der Waals surface area (Å²) in [7, 11) is 1.57. The summed E-state index contributed by atoms with van der Waals surface area (Å²) >= 11 is 0. The van der Waals surface area contributed by atoms with E-state index in [2.05, 4.69) is 15.3 Å². The summed E-state index contributed by atoms with van der Waals surface area (Å²) in [5, 5.41) is 32.5. The van der Waals surface area contributed by atoms with E-state index in [0.717, 1.165) is 11.1 Å². The maximum absolute atomic E-state index is 12.1. The van der Waals surface area contributed by atoms with Gasteiger partial charge in [0.25, 0.3) is 5.91 Å². The van der Waals surface area contributed by atoms with Gasteiger partial charge in [0.15, 0.2) is 0 Å². The summed E-state index contributed by atoms with van der Waals surface area (Å²) in [5.41, 5.74) is 3.19. The first kappa shape index (κ1) is 19.5. The van der Waals surface area contributed by atoms with Gasteiger partial charge in [-0.2, -0.15) is 0 Å². The van der Waals surface area contributed by atoms with Crippen molar-refractivity contribution in [1.82, 2.24) is 15.3 Å². The Hall–Kier alpha value is -2.78. The number of nitrogens with one attached hydrogen (secondary N) is 2. The maximum Gasteiger partial charge on any atom is 0.253 e. The van der Waals surface area contributed by atoms with Crippen LogP contribution in [0.4, 0.5) is 0 Å². The zero-order chi connectivity index (χ0) is 20.5. The lowest BCUT2D eigenvalue weighted by Gasteiger charge is -2.36. The minimum absolute atomic E-state index is 0.180. The minimum atomic E-state index is -1.09. The molecule has 5 N–H and O–H groups in total. The van der Waals surface area contributed by atoms with Crippen LogP contribution in [0, 0.1) is 0 Å². The Bertz CT molecular complexity index is 1030. The number of nitrogens with zero attached hydrogens (tertiary/aromatic N) is 1. The Labute approximate surface area is 167 Å². The first-order valence-electron chi connectivity index (χ1n) is 9.45. The average molecular weight is 397 g/mol. The van der Waals surface area contributed by atoms with Crippen molar-refractivity contribution in [2.75, 3.05) is 13.7 Å². The molecule has 1 aromatic heterocycles. The highest BCUT2D eigenvalue weighted by molar-refractivity contribution is 6.05. The van der Waals surface area contributed by atoms with Gasteiger partial charge in [0.2, 0.25) is 0 Å². The minimum Gasteiger partial charge on any atom is -0.394 e. The van der Waals surface area contributed by atoms with Crippen molar-refractivity contribution >= 4 is 16.9 Å². The van der Waals surface area contributed by atoms with Crippen LogP contribution in [0.1, 0.15) is 28.4 Å². The van der Waals surface area contributed by atoms with Gasteiger partial charge in [0.1, 0.15) is 23.5 Å². The summed E-state index contributed by atoms with van der Waals surface area (Å²) < 4.78 is 5.78. The quantitative estimate of drug-likeness (QED) is 0.449. The van der Waals surface area contributed by atoms with E-state index in [0.29, 0.717) is 22.5 Å². The molecular weight excluding hydrogens is 374 g/mol. The predicted octanol–water partition coefficient (Wildman–Crippen LogP) is 1.13. The first-order chi connectivity index (χ1) is 14.0. The first-order valence-corrected chi connectivity index (χ1v) is 9.45. The monoisotopic (exact) mass is 397 g/mol. The maximum atomic E-state index is 12.1. The number of ether oxygens (including phenoxy) is 1. The molecular formula is C21H23N3O5. The Kier molecular flexibility index (Phi) is 5.33. The van der Waals surface area contributed by atoms with Crippen LogP contribution in [0.25, 0.3) is 22.4 Å². The lowest BCUT2D eigenvalue weighted by Crippen LogP contribution is -2.44. The Balaban J connectivity index is 1.71. The fraction of sp³-hybridized carbons (Fsp3) is 0.333. The lowest BCUT2D eigenvalue weighted by atomic mass is 9.92. The van der Waals surface area contributed by atoms with Crippen LogP contribution in [-0.2, 0) is 4.74 Å². The van der Waals surface area contributed by atoms with Crippen molar-refractivity contribution in [2.45, 2.75) is 30.8 Å². The molecule has 29 heavy (non-hydrogen) atoms. The van der Waals surface area contributed by atoms with Crippen molar-refractivity contribution in [3.63, 3.8) is 0 Å². The van der Waals surface area contributed by atoms with Crippen LogP contribution < -0.4 is 5.32 Å². The zero-order valence-corrected chi connectivity index (χ0v) is 15.9. The number of H-pyrrole nitrogens is 1. The number of aliphatic hydroxyl groups excluding tert-OH is 3. The van der Waals surface area contributed by atoms with Gasteiger partial charge in [-0.25, -0.2) is 4.98 Å². The van der Waals surface area contributed by atoms with Crippen molar-refractivity contribution in [3.05, 3.63) is 53.6 Å². The number of para-hydroxylation sites is 1. The smallest absolute Gasteiger partial charge is 0.253 e. The molecule has 3 aromatic rings. The van der Waals surface area contributed by atoms with Crippen LogP contribution in [0.2, 0.25) is 0 Å². The van der Waals surface area contributed by atoms with Gasteiger partial charge in [0, 0.05) is 19.0 Å². The van der Waals surface area contributed by atoms with Crippen LogP contribution in [-0.4, -0.2) is 63.2 Å². The molecule has 1 aliphatic heterocycles. The number of imidazole rings is 1. The molecule has 4 atom stereocenters. The average Bonchev–Trinajstić information content (AvgIpc) is 3.19. The molecule has 0 aliphatic carbocycles. The summed E-state index contributed by atoms with van der Waals surface area (Å²) in [5.74, 6) is 0.355. The molecule has 0 unspecified atom stereocenters. The Morgan fingerprint density at radius 2 is 2.07 bits per heavy atom. The highest BCUT2D eigenvalue weighted by atomic mass is 16.5. The molecule has 1 aliphatic rings. The fourth-order valence-corrected chi connectivity index (χ4v) is 3.70. The van der Waals surface area contributed by atoms with Crippen molar-refractivity contribution in [1.29, 1.82) is 0 Å². The molecule has 1 amide bonds. The predicted molar refractivity (Wildman–Crippen MR) is 106 cm³/mol. The SMILES string of the molecule is CNC(=O)c1cccc2[nH]c(-c3cccc([C@H]4O[C@H](CO)C[C@H](O)[C@@H]4O)c3)nc12. The normalized spacial score (nSPS) is 24.6. The fourth-order valence-electron chi connectivity index (χ4n) is 3.70. The van der Waals surface area contributed by atoms with Crippen LogP contribution in [0.3, 0.4) is 0 Å². The molecule has 2 aromatic carbocycles. The number of aromatic amines is 1. The third-order valence-electron chi connectivity index (χ3n) is 5.22. The highest BCUT2D eigenvalue weighted by Gasteiger charge is 2.37. The molecule has 152 valence electrons. The second kappa shape index (κ2) is 7.92. The van der Waals surface area contributed by atoms with E-state index in [1.54, 1.807) is 25.2 Å². The van der Waals surface area contributed by atoms with E-state index in [4.69, 9.17) is 4.74 Å². The van der Waals surface area contributed by atoms with Gasteiger partial charge in [-0.05, 0) is 23.8 Å². The highest BCUT2D eigenvalue weighted by Crippen LogP contribution is 2.34. The molecule has 2 heterocycles. The number of aliphatic hydroxyl groups is 3. The molecule has 8 heteroatoms. The number of carbonyl (C=O) groups excluding carboxylic acids is 1. The van der Waals surface area contributed by atoms with Crippen LogP contribution in [0.5, 0.6) is 0 Å². The summed E-state index contributed by atoms with van der Waals surface area (Å²) in [4.78, 5) is 19.9. The second-order valence-electron chi connectivity index (χ2n) is 7.15.